The van der Waals surface area contributed by atoms with E-state index in [0.29, 0.717) is 0 Å². The molecule has 1 N–H and O–H groups in total. The Hall–Kier alpha value is -1.08. The molecule has 0 fully saturated rings. The fourth-order valence-electron chi connectivity index (χ4n) is 1.05. The Balaban J connectivity index is 2.51. The molecule has 4 heteroatoms. The summed E-state index contributed by atoms with van der Waals surface area (Å²) in [6, 6.07) is 3.95. The van der Waals surface area contributed by atoms with Crippen LogP contribution in [0.1, 0.15) is 0 Å². The molecule has 0 aliphatic heterocycles. The molecule has 2 aromatic heterocycles. The second kappa shape index (κ2) is 3.11. The number of rotatable bonds is 1. The van der Waals surface area contributed by atoms with E-state index in [1.54, 1.807) is 6.20 Å². The molecule has 1 atom stereocenters. The van der Waals surface area contributed by atoms with Gasteiger partial charge in [-0.1, -0.05) is 0 Å². The first-order valence-corrected chi connectivity index (χ1v) is 4.78. The third-order valence-corrected chi connectivity index (χ3v) is 2.57. The SMILES string of the molecule is [AsH2]c1n[nH]cc1-c1cccnc1. The fourth-order valence-corrected chi connectivity index (χ4v) is 1.73. The molecule has 0 spiro atoms. The summed E-state index contributed by atoms with van der Waals surface area (Å²) >= 11 is 1.52. The Kier molecular flexibility index (Phi) is 1.96. The Morgan fingerprint density at radius 3 is 2.92 bits per heavy atom. The number of aromatic amines is 1. The van der Waals surface area contributed by atoms with Gasteiger partial charge in [0.2, 0.25) is 0 Å². The summed E-state index contributed by atoms with van der Waals surface area (Å²) in [5.74, 6) is 0. The van der Waals surface area contributed by atoms with Crippen molar-refractivity contribution in [2.24, 2.45) is 0 Å². The molecule has 0 aromatic carbocycles. The van der Waals surface area contributed by atoms with E-state index in [1.165, 1.54) is 16.9 Å². The van der Waals surface area contributed by atoms with Crippen molar-refractivity contribution in [1.82, 2.24) is 15.2 Å². The van der Waals surface area contributed by atoms with Gasteiger partial charge < -0.3 is 0 Å². The molecule has 0 aliphatic carbocycles. The zero-order valence-electron chi connectivity index (χ0n) is 6.36. The van der Waals surface area contributed by atoms with Crippen molar-refractivity contribution in [3.63, 3.8) is 0 Å². The minimum atomic E-state index is 1.07. The van der Waals surface area contributed by atoms with Gasteiger partial charge in [0.15, 0.2) is 0 Å². The van der Waals surface area contributed by atoms with Crippen molar-refractivity contribution >= 4 is 21.3 Å². The Labute approximate surface area is 78.7 Å². The molecule has 3 nitrogen and oxygen atoms in total. The maximum absolute atomic E-state index is 4.07. The molecule has 0 saturated heterocycles. The van der Waals surface area contributed by atoms with E-state index in [-0.39, 0.29) is 0 Å². The number of hydrogen-bond donors (Lipinski definition) is 1. The van der Waals surface area contributed by atoms with Crippen LogP contribution in [0, 0.1) is 0 Å². The topological polar surface area (TPSA) is 41.6 Å². The van der Waals surface area contributed by atoms with Crippen molar-refractivity contribution in [3.05, 3.63) is 30.7 Å². The van der Waals surface area contributed by atoms with Gasteiger partial charge in [0.1, 0.15) is 0 Å². The monoisotopic (exact) mass is 221 g/mol. The van der Waals surface area contributed by atoms with Crippen LogP contribution >= 0.6 is 0 Å². The van der Waals surface area contributed by atoms with Crippen LogP contribution in [0.4, 0.5) is 0 Å². The molecule has 0 saturated carbocycles. The van der Waals surface area contributed by atoms with Crippen LogP contribution < -0.4 is 4.48 Å². The van der Waals surface area contributed by atoms with Crippen molar-refractivity contribution in [3.8, 4) is 11.1 Å². The Morgan fingerprint density at radius 1 is 1.42 bits per heavy atom. The van der Waals surface area contributed by atoms with E-state index in [2.05, 4.69) is 15.2 Å². The molecule has 1 unspecified atom stereocenters. The van der Waals surface area contributed by atoms with E-state index in [1.807, 2.05) is 24.5 Å². The van der Waals surface area contributed by atoms with Crippen LogP contribution in [0.3, 0.4) is 0 Å². The van der Waals surface area contributed by atoms with E-state index in [0.717, 1.165) is 15.6 Å². The number of nitrogens with one attached hydrogen (secondary N) is 1. The van der Waals surface area contributed by atoms with Crippen molar-refractivity contribution < 1.29 is 0 Å². The van der Waals surface area contributed by atoms with Gasteiger partial charge in [0.05, 0.1) is 0 Å². The summed E-state index contributed by atoms with van der Waals surface area (Å²) in [6.45, 7) is 0. The number of pyridine rings is 1. The molecule has 2 rings (SSSR count). The quantitative estimate of drug-likeness (QED) is 0.673. The second-order valence-electron chi connectivity index (χ2n) is 2.43. The average Bonchev–Trinajstić information content (AvgIpc) is 2.53. The summed E-state index contributed by atoms with van der Waals surface area (Å²) in [5.41, 5.74) is 2.26. The van der Waals surface area contributed by atoms with Gasteiger partial charge in [-0.2, -0.15) is 0 Å². The van der Waals surface area contributed by atoms with E-state index in [9.17, 15) is 0 Å². The summed E-state index contributed by atoms with van der Waals surface area (Å²) in [6.07, 6.45) is 5.51. The van der Waals surface area contributed by atoms with Crippen molar-refractivity contribution in [1.29, 1.82) is 0 Å². The molecule has 2 heterocycles. The second-order valence-corrected chi connectivity index (χ2v) is 3.57. The standard InChI is InChI=1S/C8H8AsN3/c9-8-7(5-11-12-8)6-2-1-3-10-4-6/h1-5H,9H2,(H,11,12). The van der Waals surface area contributed by atoms with Crippen LogP contribution in [-0.4, -0.2) is 32.0 Å². The fraction of sp³-hybridized carbons (Fsp3) is 0. The van der Waals surface area contributed by atoms with E-state index in [4.69, 9.17) is 0 Å². The Bertz CT molecular complexity index is 369. The van der Waals surface area contributed by atoms with Crippen LogP contribution in [-0.2, 0) is 0 Å². The van der Waals surface area contributed by atoms with Gasteiger partial charge in [0.25, 0.3) is 0 Å². The molecule has 12 heavy (non-hydrogen) atoms. The molecule has 0 aliphatic rings. The van der Waals surface area contributed by atoms with Gasteiger partial charge in [-0.15, -0.1) is 0 Å². The first-order valence-electron chi connectivity index (χ1n) is 3.57. The van der Waals surface area contributed by atoms with Crippen LogP contribution in [0.15, 0.2) is 30.7 Å². The van der Waals surface area contributed by atoms with Gasteiger partial charge >= 0.3 is 78.4 Å². The van der Waals surface area contributed by atoms with Gasteiger partial charge in [-0.3, -0.25) is 0 Å². The molecule has 0 bridgehead atoms. The molecule has 60 valence electrons. The summed E-state index contributed by atoms with van der Waals surface area (Å²) in [7, 11) is 0. The first-order chi connectivity index (χ1) is 5.88. The Morgan fingerprint density at radius 2 is 2.33 bits per heavy atom. The first kappa shape index (κ1) is 7.56. The maximum atomic E-state index is 4.07. The summed E-state index contributed by atoms with van der Waals surface area (Å²) in [4.78, 5) is 4.05. The zero-order chi connectivity index (χ0) is 8.39. The third kappa shape index (κ3) is 1.28. The van der Waals surface area contributed by atoms with Crippen LogP contribution in [0.2, 0.25) is 0 Å². The average molecular weight is 221 g/mol. The minimum absolute atomic E-state index is 1.07. The van der Waals surface area contributed by atoms with Crippen LogP contribution in [0.5, 0.6) is 0 Å². The molecule has 0 amide bonds. The zero-order valence-corrected chi connectivity index (χ0v) is 8.78. The predicted octanol–water partition coefficient (Wildman–Crippen LogP) is -0.270. The number of H-pyrrole nitrogens is 1. The third-order valence-electron chi connectivity index (χ3n) is 1.64. The van der Waals surface area contributed by atoms with Gasteiger partial charge in [-0.05, 0) is 0 Å². The van der Waals surface area contributed by atoms with E-state index >= 15 is 0 Å². The summed E-state index contributed by atoms with van der Waals surface area (Å²) < 4.78 is 1.07. The summed E-state index contributed by atoms with van der Waals surface area (Å²) in [5, 5.41) is 6.90. The van der Waals surface area contributed by atoms with Gasteiger partial charge in [0, 0.05) is 0 Å². The predicted molar refractivity (Wildman–Crippen MR) is 50.0 cm³/mol. The normalized spacial score (nSPS) is 10.1. The number of hydrogen-bond acceptors (Lipinski definition) is 2. The molecular formula is C8H8AsN3. The molecule has 2 aromatic rings. The molecular weight excluding hydrogens is 213 g/mol. The van der Waals surface area contributed by atoms with E-state index < -0.39 is 0 Å². The number of nitrogens with zero attached hydrogens (tertiary/aromatic N) is 2. The van der Waals surface area contributed by atoms with Crippen molar-refractivity contribution in [2.45, 2.75) is 0 Å². The van der Waals surface area contributed by atoms with Gasteiger partial charge in [-0.25, -0.2) is 0 Å². The van der Waals surface area contributed by atoms with Crippen molar-refractivity contribution in [2.75, 3.05) is 0 Å². The van der Waals surface area contributed by atoms with Crippen LogP contribution in [0.25, 0.3) is 11.1 Å². The molecule has 0 radical (unpaired) electrons. The number of aromatic nitrogens is 3.